The highest BCUT2D eigenvalue weighted by molar-refractivity contribution is 5.63. The van der Waals surface area contributed by atoms with Crippen molar-refractivity contribution >= 4 is 5.82 Å². The molecular weight excluding hydrogens is 180 g/mol. The van der Waals surface area contributed by atoms with E-state index in [0.29, 0.717) is 5.82 Å². The molecule has 0 amide bonds. The molecule has 2 rings (SSSR count). The molecule has 0 aliphatic rings. The number of rotatable bonds is 2. The van der Waals surface area contributed by atoms with Gasteiger partial charge in [0.1, 0.15) is 11.5 Å². The monoisotopic (exact) mass is 192 g/mol. The number of H-pyrrole nitrogens is 1. The van der Waals surface area contributed by atoms with Crippen molar-refractivity contribution in [3.63, 3.8) is 0 Å². The molecule has 14 heavy (non-hydrogen) atoms. The second-order valence-electron chi connectivity index (χ2n) is 3.09. The van der Waals surface area contributed by atoms with E-state index in [4.69, 9.17) is 5.73 Å². The van der Waals surface area contributed by atoms with E-state index in [2.05, 4.69) is 20.5 Å². The third-order valence-corrected chi connectivity index (χ3v) is 2.11. The van der Waals surface area contributed by atoms with Crippen LogP contribution < -0.4 is 5.73 Å². The van der Waals surface area contributed by atoms with E-state index in [0.717, 1.165) is 23.4 Å². The molecule has 0 saturated carbocycles. The van der Waals surface area contributed by atoms with Gasteiger partial charge < -0.3 is 5.73 Å². The fourth-order valence-corrected chi connectivity index (χ4v) is 1.41. The minimum absolute atomic E-state index is 0.535. The Bertz CT molecular complexity index is 440. The molecule has 2 aromatic rings. The number of nitrogens with two attached hydrogens (primary N) is 1. The zero-order valence-corrected chi connectivity index (χ0v) is 8.15. The average molecular weight is 192 g/mol. The van der Waals surface area contributed by atoms with Crippen LogP contribution in [-0.4, -0.2) is 25.2 Å². The molecule has 0 radical (unpaired) electrons. The van der Waals surface area contributed by atoms with Crippen molar-refractivity contribution in [1.29, 1.82) is 0 Å². The van der Waals surface area contributed by atoms with Gasteiger partial charge in [0, 0.05) is 12.6 Å². The Morgan fingerprint density at radius 1 is 1.57 bits per heavy atom. The summed E-state index contributed by atoms with van der Waals surface area (Å²) in [5.41, 5.74) is 8.32. The molecule has 2 aromatic heterocycles. The molecule has 0 aromatic carbocycles. The third kappa shape index (κ3) is 1.24. The van der Waals surface area contributed by atoms with E-state index in [1.165, 1.54) is 0 Å². The van der Waals surface area contributed by atoms with Gasteiger partial charge in [0.05, 0.1) is 11.9 Å². The predicted octanol–water partition coefficient (Wildman–Crippen LogP) is 0.350. The third-order valence-electron chi connectivity index (χ3n) is 2.11. The molecule has 3 N–H and O–H groups in total. The largest absolute Gasteiger partial charge is 0.382 e. The number of nitrogens with one attached hydrogen (secondary N) is 1. The van der Waals surface area contributed by atoms with Crippen LogP contribution in [0.4, 0.5) is 5.82 Å². The Balaban J connectivity index is 2.51. The van der Waals surface area contributed by atoms with Gasteiger partial charge in [0.2, 0.25) is 0 Å². The number of anilines is 1. The molecule has 6 nitrogen and oxygen atoms in total. The second kappa shape index (κ2) is 3.13. The molecule has 0 bridgehead atoms. The summed E-state index contributed by atoms with van der Waals surface area (Å²) in [6.07, 6.45) is 2.65. The number of nitrogens with zero attached hydrogens (tertiary/aromatic N) is 4. The minimum Gasteiger partial charge on any atom is -0.382 e. The maximum Gasteiger partial charge on any atom is 0.149 e. The highest BCUT2D eigenvalue weighted by Crippen LogP contribution is 2.23. The standard InChI is InChI=1S/C8H12N6/c1-3-5-7(11-12-8(5)9)6-4-14(2)13-10-6/h4H,3H2,1-2H3,(H3,9,11,12). The average Bonchev–Trinajstić information content (AvgIpc) is 2.71. The Morgan fingerprint density at radius 2 is 2.36 bits per heavy atom. The fraction of sp³-hybridized carbons (Fsp3) is 0.375. The van der Waals surface area contributed by atoms with E-state index in [1.54, 1.807) is 4.68 Å². The molecule has 0 aliphatic heterocycles. The van der Waals surface area contributed by atoms with Crippen molar-refractivity contribution in [2.45, 2.75) is 13.3 Å². The number of nitrogen functional groups attached to an aromatic ring is 1. The van der Waals surface area contributed by atoms with E-state index >= 15 is 0 Å². The summed E-state index contributed by atoms with van der Waals surface area (Å²) in [5, 5.41) is 14.7. The summed E-state index contributed by atoms with van der Waals surface area (Å²) in [7, 11) is 1.82. The number of hydrogen-bond acceptors (Lipinski definition) is 4. The van der Waals surface area contributed by atoms with Crippen molar-refractivity contribution in [1.82, 2.24) is 25.2 Å². The van der Waals surface area contributed by atoms with Crippen LogP contribution in [0.25, 0.3) is 11.4 Å². The van der Waals surface area contributed by atoms with Crippen LogP contribution in [0.2, 0.25) is 0 Å². The summed E-state index contributed by atoms with van der Waals surface area (Å²) < 4.78 is 1.64. The lowest BCUT2D eigenvalue weighted by Gasteiger charge is -1.95. The van der Waals surface area contributed by atoms with Gasteiger partial charge in [-0.1, -0.05) is 12.1 Å². The van der Waals surface area contributed by atoms with E-state index in [1.807, 2.05) is 20.2 Å². The van der Waals surface area contributed by atoms with Crippen molar-refractivity contribution in [3.8, 4) is 11.4 Å². The zero-order valence-electron chi connectivity index (χ0n) is 8.15. The number of hydrogen-bond donors (Lipinski definition) is 2. The number of aromatic nitrogens is 5. The zero-order chi connectivity index (χ0) is 10.1. The molecular formula is C8H12N6. The molecule has 0 unspecified atom stereocenters. The van der Waals surface area contributed by atoms with E-state index < -0.39 is 0 Å². The molecule has 0 atom stereocenters. The van der Waals surface area contributed by atoms with Crippen molar-refractivity contribution in [2.24, 2.45) is 7.05 Å². The number of aromatic amines is 1. The fourth-order valence-electron chi connectivity index (χ4n) is 1.41. The maximum absolute atomic E-state index is 5.70. The Morgan fingerprint density at radius 3 is 2.93 bits per heavy atom. The van der Waals surface area contributed by atoms with E-state index in [-0.39, 0.29) is 0 Å². The molecule has 0 saturated heterocycles. The summed E-state index contributed by atoms with van der Waals surface area (Å²) in [4.78, 5) is 0. The lowest BCUT2D eigenvalue weighted by Crippen LogP contribution is -1.90. The minimum atomic E-state index is 0.535. The molecule has 0 aliphatic carbocycles. The van der Waals surface area contributed by atoms with Crippen molar-refractivity contribution < 1.29 is 0 Å². The van der Waals surface area contributed by atoms with Crippen molar-refractivity contribution in [2.75, 3.05) is 5.73 Å². The quantitative estimate of drug-likeness (QED) is 0.718. The van der Waals surface area contributed by atoms with Crippen LogP contribution in [-0.2, 0) is 13.5 Å². The van der Waals surface area contributed by atoms with Gasteiger partial charge in [-0.05, 0) is 6.42 Å². The molecule has 0 fully saturated rings. The van der Waals surface area contributed by atoms with Crippen LogP contribution in [0.15, 0.2) is 6.20 Å². The van der Waals surface area contributed by atoms with Crippen molar-refractivity contribution in [3.05, 3.63) is 11.8 Å². The summed E-state index contributed by atoms with van der Waals surface area (Å²) >= 11 is 0. The first kappa shape index (κ1) is 8.74. The predicted molar refractivity (Wildman–Crippen MR) is 52.4 cm³/mol. The normalized spacial score (nSPS) is 10.7. The summed E-state index contributed by atoms with van der Waals surface area (Å²) in [6, 6.07) is 0. The SMILES string of the molecule is CCc1c(N)n[nH]c1-c1cn(C)nn1. The van der Waals surface area contributed by atoms with Crippen LogP contribution in [0.1, 0.15) is 12.5 Å². The molecule has 6 heteroatoms. The maximum atomic E-state index is 5.70. The van der Waals surface area contributed by atoms with Crippen LogP contribution in [0, 0.1) is 0 Å². The lowest BCUT2D eigenvalue weighted by molar-refractivity contribution is 0.715. The van der Waals surface area contributed by atoms with Crippen LogP contribution in [0.3, 0.4) is 0 Å². The Hall–Kier alpha value is -1.85. The molecule has 0 spiro atoms. The van der Waals surface area contributed by atoms with Gasteiger partial charge in [-0.15, -0.1) is 5.10 Å². The van der Waals surface area contributed by atoms with Gasteiger partial charge in [-0.2, -0.15) is 5.10 Å². The number of aryl methyl sites for hydroxylation is 1. The molecule has 74 valence electrons. The molecule has 2 heterocycles. The van der Waals surface area contributed by atoms with Gasteiger partial charge in [0.15, 0.2) is 0 Å². The summed E-state index contributed by atoms with van der Waals surface area (Å²) in [5.74, 6) is 0.535. The first-order valence-corrected chi connectivity index (χ1v) is 4.41. The second-order valence-corrected chi connectivity index (χ2v) is 3.09. The van der Waals surface area contributed by atoms with E-state index in [9.17, 15) is 0 Å². The Kier molecular flexibility index (Phi) is 1.95. The highest BCUT2D eigenvalue weighted by Gasteiger charge is 2.13. The van der Waals surface area contributed by atoms with Gasteiger partial charge in [0.25, 0.3) is 0 Å². The first-order valence-electron chi connectivity index (χ1n) is 4.41. The Labute approximate surface area is 81.1 Å². The topological polar surface area (TPSA) is 85.4 Å². The van der Waals surface area contributed by atoms with Gasteiger partial charge in [-0.3, -0.25) is 9.78 Å². The van der Waals surface area contributed by atoms with Gasteiger partial charge >= 0.3 is 0 Å². The van der Waals surface area contributed by atoms with Gasteiger partial charge in [-0.25, -0.2) is 0 Å². The first-order chi connectivity index (χ1) is 6.72. The lowest BCUT2D eigenvalue weighted by atomic mass is 10.1. The smallest absolute Gasteiger partial charge is 0.149 e. The highest BCUT2D eigenvalue weighted by atomic mass is 15.4. The van der Waals surface area contributed by atoms with Crippen LogP contribution in [0.5, 0.6) is 0 Å². The summed E-state index contributed by atoms with van der Waals surface area (Å²) in [6.45, 7) is 2.03. The van der Waals surface area contributed by atoms with Crippen LogP contribution >= 0.6 is 0 Å².